The molecule has 0 fully saturated rings. The third kappa shape index (κ3) is 5.11. The molecule has 0 aliphatic carbocycles. The summed E-state index contributed by atoms with van der Waals surface area (Å²) in [7, 11) is 1.18. The summed E-state index contributed by atoms with van der Waals surface area (Å²) in [6, 6.07) is 7.99. The lowest BCUT2D eigenvalue weighted by Gasteiger charge is -2.33. The maximum atomic E-state index is 13.7. The Balaban J connectivity index is 2.33. The van der Waals surface area contributed by atoms with Crippen molar-refractivity contribution in [3.8, 4) is 5.75 Å². The maximum absolute atomic E-state index is 13.7. The Bertz CT molecular complexity index is 885. The van der Waals surface area contributed by atoms with E-state index in [1.165, 1.54) is 26.3 Å². The summed E-state index contributed by atoms with van der Waals surface area (Å²) in [6.07, 6.45) is -5.90. The van der Waals surface area contributed by atoms with Crippen LogP contribution in [0.2, 0.25) is 0 Å². The minimum absolute atomic E-state index is 0.0971. The van der Waals surface area contributed by atoms with Crippen molar-refractivity contribution in [2.24, 2.45) is 0 Å². The Labute approximate surface area is 171 Å². The first-order chi connectivity index (χ1) is 14.1. The van der Waals surface area contributed by atoms with Crippen LogP contribution in [0.15, 0.2) is 36.5 Å². The van der Waals surface area contributed by atoms with Crippen molar-refractivity contribution in [2.45, 2.75) is 51.6 Å². The van der Waals surface area contributed by atoms with Crippen molar-refractivity contribution in [3.63, 3.8) is 0 Å². The maximum Gasteiger partial charge on any atom is 0.348 e. The molecule has 1 aromatic carbocycles. The molecule has 0 amide bonds. The lowest BCUT2D eigenvalue weighted by atomic mass is 9.78. The number of esters is 2. The van der Waals surface area contributed by atoms with Gasteiger partial charge in [-0.1, -0.05) is 32.0 Å². The molecular formula is C20H23F3N2O5. The van der Waals surface area contributed by atoms with Gasteiger partial charge in [-0.05, 0) is 12.1 Å². The predicted octanol–water partition coefficient (Wildman–Crippen LogP) is 3.58. The zero-order chi connectivity index (χ0) is 22.5. The molecule has 0 saturated carbocycles. The highest BCUT2D eigenvalue weighted by molar-refractivity contribution is 5.80. The number of hydrogen-bond acceptors (Lipinski definition) is 6. The molecule has 164 valence electrons. The standard InChI is InChI=1S/C20H23F3N2O5/c1-12(26)30-16(19(27)28-4)20(2,3)14-7-5-6-8-15(14)29-11-13-9-10-24-25(13)18(23)17(21)22/h5-10,16-18H,11H2,1-4H3. The van der Waals surface area contributed by atoms with Gasteiger partial charge in [0.2, 0.25) is 6.10 Å². The summed E-state index contributed by atoms with van der Waals surface area (Å²) >= 11 is 0. The van der Waals surface area contributed by atoms with Crippen LogP contribution in [0, 0.1) is 0 Å². The summed E-state index contributed by atoms with van der Waals surface area (Å²) in [6.45, 7) is 4.25. The Morgan fingerprint density at radius 2 is 1.83 bits per heavy atom. The molecule has 2 atom stereocenters. The van der Waals surface area contributed by atoms with Gasteiger partial charge in [-0.2, -0.15) is 5.10 Å². The second kappa shape index (κ2) is 9.64. The van der Waals surface area contributed by atoms with Gasteiger partial charge in [-0.15, -0.1) is 0 Å². The first kappa shape index (κ1) is 23.2. The molecule has 2 unspecified atom stereocenters. The molecule has 0 saturated heterocycles. The molecule has 2 aromatic rings. The molecule has 0 aliphatic heterocycles. The van der Waals surface area contributed by atoms with Crippen molar-refractivity contribution in [1.82, 2.24) is 9.78 Å². The Morgan fingerprint density at radius 1 is 1.17 bits per heavy atom. The van der Waals surface area contributed by atoms with E-state index in [9.17, 15) is 22.8 Å². The minimum atomic E-state index is -3.24. The number of benzene rings is 1. The van der Waals surface area contributed by atoms with E-state index in [1.807, 2.05) is 0 Å². The largest absolute Gasteiger partial charge is 0.487 e. The molecular weight excluding hydrogens is 405 g/mol. The first-order valence-electron chi connectivity index (χ1n) is 9.01. The van der Waals surface area contributed by atoms with Gasteiger partial charge in [0, 0.05) is 24.1 Å². The highest BCUT2D eigenvalue weighted by Crippen LogP contribution is 2.36. The van der Waals surface area contributed by atoms with Gasteiger partial charge >= 0.3 is 11.9 Å². The van der Waals surface area contributed by atoms with E-state index >= 15 is 0 Å². The number of aromatic nitrogens is 2. The average Bonchev–Trinajstić information content (AvgIpc) is 3.17. The van der Waals surface area contributed by atoms with Crippen LogP contribution in [-0.4, -0.2) is 41.4 Å². The van der Waals surface area contributed by atoms with E-state index in [0.29, 0.717) is 16.0 Å². The summed E-state index contributed by atoms with van der Waals surface area (Å²) in [5.74, 6) is -1.12. The Kier molecular flexibility index (Phi) is 7.47. The van der Waals surface area contributed by atoms with E-state index < -0.39 is 36.2 Å². The normalized spacial score (nSPS) is 13.6. The predicted molar refractivity (Wildman–Crippen MR) is 99.7 cm³/mol. The molecule has 0 bridgehead atoms. The van der Waals surface area contributed by atoms with Crippen LogP contribution in [-0.2, 0) is 31.1 Å². The van der Waals surface area contributed by atoms with Gasteiger partial charge in [0.1, 0.15) is 12.4 Å². The number of para-hydroxylation sites is 1. The number of rotatable bonds is 9. The fourth-order valence-electron chi connectivity index (χ4n) is 2.97. The highest BCUT2D eigenvalue weighted by Gasteiger charge is 2.42. The third-order valence-electron chi connectivity index (χ3n) is 4.51. The molecule has 0 spiro atoms. The van der Waals surface area contributed by atoms with Gasteiger partial charge in [0.15, 0.2) is 0 Å². The molecule has 0 N–H and O–H groups in total. The van der Waals surface area contributed by atoms with Crippen LogP contribution < -0.4 is 4.74 Å². The van der Waals surface area contributed by atoms with Crippen LogP contribution in [0.4, 0.5) is 13.2 Å². The molecule has 7 nitrogen and oxygen atoms in total. The SMILES string of the molecule is COC(=O)C(OC(C)=O)C(C)(C)c1ccccc1OCc1ccnn1C(F)C(F)F. The summed E-state index contributed by atoms with van der Waals surface area (Å²) in [5, 5.41) is 3.58. The molecule has 0 radical (unpaired) electrons. The lowest BCUT2D eigenvalue weighted by molar-refractivity contribution is -0.169. The fraction of sp³-hybridized carbons (Fsp3) is 0.450. The van der Waals surface area contributed by atoms with Crippen LogP contribution in [0.3, 0.4) is 0 Å². The highest BCUT2D eigenvalue weighted by atomic mass is 19.3. The molecule has 1 aromatic heterocycles. The topological polar surface area (TPSA) is 79.7 Å². The van der Waals surface area contributed by atoms with E-state index in [2.05, 4.69) is 5.10 Å². The summed E-state index contributed by atoms with van der Waals surface area (Å²) < 4.78 is 55.3. The molecule has 1 heterocycles. The lowest BCUT2D eigenvalue weighted by Crippen LogP contribution is -2.44. The van der Waals surface area contributed by atoms with Gasteiger partial charge < -0.3 is 14.2 Å². The molecule has 10 heteroatoms. The average molecular weight is 428 g/mol. The minimum Gasteiger partial charge on any atom is -0.487 e. The van der Waals surface area contributed by atoms with E-state index in [1.54, 1.807) is 38.1 Å². The number of hydrogen-bond donors (Lipinski definition) is 0. The van der Waals surface area contributed by atoms with Crippen LogP contribution in [0.1, 0.15) is 38.3 Å². The second-order valence-electron chi connectivity index (χ2n) is 6.99. The zero-order valence-electron chi connectivity index (χ0n) is 17.0. The van der Waals surface area contributed by atoms with E-state index in [-0.39, 0.29) is 12.3 Å². The number of halogens is 3. The van der Waals surface area contributed by atoms with E-state index in [4.69, 9.17) is 14.2 Å². The van der Waals surface area contributed by atoms with E-state index in [0.717, 1.165) is 0 Å². The van der Waals surface area contributed by atoms with Gasteiger partial charge in [-0.3, -0.25) is 4.79 Å². The molecule has 30 heavy (non-hydrogen) atoms. The molecule has 0 aliphatic rings. The zero-order valence-corrected chi connectivity index (χ0v) is 17.0. The summed E-state index contributed by atoms with van der Waals surface area (Å²) in [5.41, 5.74) is -0.473. The summed E-state index contributed by atoms with van der Waals surface area (Å²) in [4.78, 5) is 23.7. The number of ether oxygens (including phenoxy) is 3. The van der Waals surface area contributed by atoms with Crippen molar-refractivity contribution in [2.75, 3.05) is 7.11 Å². The number of methoxy groups -OCH3 is 1. The van der Waals surface area contributed by atoms with Crippen molar-refractivity contribution < 1.29 is 37.0 Å². The second-order valence-corrected chi connectivity index (χ2v) is 6.99. The van der Waals surface area contributed by atoms with Gasteiger partial charge in [0.05, 0.1) is 12.8 Å². The van der Waals surface area contributed by atoms with Crippen LogP contribution in [0.5, 0.6) is 5.75 Å². The number of carbonyl (C=O) groups excluding carboxylic acids is 2. The monoisotopic (exact) mass is 428 g/mol. The quantitative estimate of drug-likeness (QED) is 0.568. The number of nitrogens with zero attached hydrogens (tertiary/aromatic N) is 2. The smallest absolute Gasteiger partial charge is 0.348 e. The Morgan fingerprint density at radius 3 is 2.43 bits per heavy atom. The van der Waals surface area contributed by atoms with Crippen LogP contribution >= 0.6 is 0 Å². The van der Waals surface area contributed by atoms with Crippen molar-refractivity contribution >= 4 is 11.9 Å². The Hall–Kier alpha value is -3.04. The molecule has 2 rings (SSSR count). The number of carbonyl (C=O) groups is 2. The third-order valence-corrected chi connectivity index (χ3v) is 4.51. The van der Waals surface area contributed by atoms with Crippen LogP contribution in [0.25, 0.3) is 0 Å². The van der Waals surface area contributed by atoms with Gasteiger partial charge in [-0.25, -0.2) is 22.6 Å². The van der Waals surface area contributed by atoms with Gasteiger partial charge in [0.25, 0.3) is 12.7 Å². The number of alkyl halides is 3. The van der Waals surface area contributed by atoms with Crippen molar-refractivity contribution in [1.29, 1.82) is 0 Å². The first-order valence-corrected chi connectivity index (χ1v) is 9.01. The fourth-order valence-corrected chi connectivity index (χ4v) is 2.97. The van der Waals surface area contributed by atoms with Crippen molar-refractivity contribution in [3.05, 3.63) is 47.8 Å².